The molecule has 0 bridgehead atoms. The average Bonchev–Trinajstić information content (AvgIpc) is 2.74. The Balaban J connectivity index is 2.28. The predicted octanol–water partition coefficient (Wildman–Crippen LogP) is 3.62. The first-order chi connectivity index (χ1) is 8.58. The van der Waals surface area contributed by atoms with Crippen molar-refractivity contribution in [2.45, 2.75) is 19.3 Å². The van der Waals surface area contributed by atoms with Crippen molar-refractivity contribution in [3.63, 3.8) is 0 Å². The van der Waals surface area contributed by atoms with Gasteiger partial charge in [0.25, 0.3) is 0 Å². The zero-order valence-electron chi connectivity index (χ0n) is 9.76. The van der Waals surface area contributed by atoms with Crippen molar-refractivity contribution in [3.8, 4) is 0 Å². The molecule has 1 atom stereocenters. The summed E-state index contributed by atoms with van der Waals surface area (Å²) in [6, 6.07) is 7.67. The third-order valence-corrected chi connectivity index (χ3v) is 4.46. The standard InChI is InChI=1S/C13H12BrNO2S/c1-8-7-18-12(15-8)10(13(16)17)6-9-4-2-3-5-11(9)14/h2-5,7,10H,6H2,1H3,(H,16,17). The number of carbonyl (C=O) groups is 1. The number of rotatable bonds is 4. The Bertz CT molecular complexity index is 568. The molecule has 18 heavy (non-hydrogen) atoms. The summed E-state index contributed by atoms with van der Waals surface area (Å²) >= 11 is 4.85. The van der Waals surface area contributed by atoms with E-state index in [1.165, 1.54) is 11.3 Å². The van der Waals surface area contributed by atoms with E-state index in [1.54, 1.807) is 0 Å². The molecule has 0 fully saturated rings. The number of hydrogen-bond donors (Lipinski definition) is 1. The van der Waals surface area contributed by atoms with Gasteiger partial charge in [0.15, 0.2) is 0 Å². The molecule has 1 N–H and O–H groups in total. The molecule has 0 aliphatic carbocycles. The fourth-order valence-electron chi connectivity index (χ4n) is 1.70. The highest BCUT2D eigenvalue weighted by atomic mass is 79.9. The lowest BCUT2D eigenvalue weighted by Crippen LogP contribution is -2.14. The Morgan fingerprint density at radius 1 is 1.50 bits per heavy atom. The Kier molecular flexibility index (Phi) is 4.14. The van der Waals surface area contributed by atoms with Gasteiger partial charge in [-0.05, 0) is 25.0 Å². The van der Waals surface area contributed by atoms with Crippen LogP contribution in [-0.4, -0.2) is 16.1 Å². The van der Waals surface area contributed by atoms with E-state index in [2.05, 4.69) is 20.9 Å². The summed E-state index contributed by atoms with van der Waals surface area (Å²) in [5.41, 5.74) is 1.85. The highest BCUT2D eigenvalue weighted by Crippen LogP contribution is 2.27. The molecule has 1 aromatic carbocycles. The molecule has 0 saturated heterocycles. The maximum atomic E-state index is 11.4. The van der Waals surface area contributed by atoms with E-state index in [0.29, 0.717) is 11.4 Å². The van der Waals surface area contributed by atoms with Crippen LogP contribution in [0.5, 0.6) is 0 Å². The minimum atomic E-state index is -0.833. The van der Waals surface area contributed by atoms with E-state index in [0.717, 1.165) is 15.7 Å². The molecular weight excluding hydrogens is 314 g/mol. The van der Waals surface area contributed by atoms with Crippen LogP contribution < -0.4 is 0 Å². The quantitative estimate of drug-likeness (QED) is 0.933. The molecule has 0 radical (unpaired) electrons. The van der Waals surface area contributed by atoms with Gasteiger partial charge in [-0.3, -0.25) is 4.79 Å². The van der Waals surface area contributed by atoms with Crippen LogP contribution in [0.25, 0.3) is 0 Å². The van der Waals surface area contributed by atoms with Crippen molar-refractivity contribution < 1.29 is 9.90 Å². The summed E-state index contributed by atoms with van der Waals surface area (Å²) < 4.78 is 0.935. The molecule has 0 spiro atoms. The van der Waals surface area contributed by atoms with Crippen LogP contribution >= 0.6 is 27.3 Å². The van der Waals surface area contributed by atoms with Gasteiger partial charge in [-0.25, -0.2) is 4.98 Å². The molecule has 1 aromatic heterocycles. The van der Waals surface area contributed by atoms with Crippen LogP contribution in [0.15, 0.2) is 34.1 Å². The summed E-state index contributed by atoms with van der Waals surface area (Å²) in [6.45, 7) is 1.87. The van der Waals surface area contributed by atoms with Gasteiger partial charge in [0.05, 0.1) is 0 Å². The number of nitrogens with zero attached hydrogens (tertiary/aromatic N) is 1. The molecule has 0 saturated carbocycles. The molecular formula is C13H12BrNO2S. The van der Waals surface area contributed by atoms with Crippen molar-refractivity contribution in [3.05, 3.63) is 50.4 Å². The van der Waals surface area contributed by atoms with Gasteiger partial charge in [0.1, 0.15) is 10.9 Å². The second-order valence-electron chi connectivity index (χ2n) is 4.01. The average molecular weight is 326 g/mol. The van der Waals surface area contributed by atoms with Crippen LogP contribution in [0.2, 0.25) is 0 Å². The molecule has 0 aliphatic rings. The molecule has 0 amide bonds. The first-order valence-corrected chi connectivity index (χ1v) is 7.13. The van der Waals surface area contributed by atoms with E-state index in [9.17, 15) is 9.90 Å². The van der Waals surface area contributed by atoms with Crippen LogP contribution in [0.1, 0.15) is 22.2 Å². The number of thiazole rings is 1. The highest BCUT2D eigenvalue weighted by molar-refractivity contribution is 9.10. The first kappa shape index (κ1) is 13.2. The zero-order valence-corrected chi connectivity index (χ0v) is 12.2. The second-order valence-corrected chi connectivity index (χ2v) is 5.76. The van der Waals surface area contributed by atoms with Gasteiger partial charge >= 0.3 is 5.97 Å². The monoisotopic (exact) mass is 325 g/mol. The second kappa shape index (κ2) is 5.63. The van der Waals surface area contributed by atoms with Gasteiger partial charge in [-0.1, -0.05) is 34.1 Å². The lowest BCUT2D eigenvalue weighted by atomic mass is 10.00. The SMILES string of the molecule is Cc1csc(C(Cc2ccccc2Br)C(=O)O)n1. The fraction of sp³-hybridized carbons (Fsp3) is 0.231. The zero-order chi connectivity index (χ0) is 13.1. The summed E-state index contributed by atoms with van der Waals surface area (Å²) in [5.74, 6) is -1.41. The van der Waals surface area contributed by atoms with Gasteiger partial charge in [-0.15, -0.1) is 11.3 Å². The third-order valence-electron chi connectivity index (χ3n) is 2.61. The molecule has 1 heterocycles. The molecule has 94 valence electrons. The van der Waals surface area contributed by atoms with E-state index < -0.39 is 11.9 Å². The van der Waals surface area contributed by atoms with Gasteiger partial charge in [-0.2, -0.15) is 0 Å². The number of aryl methyl sites for hydroxylation is 1. The van der Waals surface area contributed by atoms with E-state index in [1.807, 2.05) is 36.6 Å². The summed E-state index contributed by atoms with van der Waals surface area (Å²) in [5, 5.41) is 11.9. The molecule has 0 aliphatic heterocycles. The fourth-order valence-corrected chi connectivity index (χ4v) is 3.03. The normalized spacial score (nSPS) is 12.3. The number of halogens is 1. The van der Waals surface area contributed by atoms with Crippen LogP contribution in [0, 0.1) is 6.92 Å². The number of hydrogen-bond acceptors (Lipinski definition) is 3. The Labute approximate surface area is 118 Å². The minimum absolute atomic E-state index is 0.448. The van der Waals surface area contributed by atoms with Crippen LogP contribution in [0.3, 0.4) is 0 Å². The number of benzene rings is 1. The lowest BCUT2D eigenvalue weighted by Gasteiger charge is -2.10. The third kappa shape index (κ3) is 2.97. The van der Waals surface area contributed by atoms with E-state index >= 15 is 0 Å². The molecule has 2 aromatic rings. The van der Waals surface area contributed by atoms with Gasteiger partial charge in [0, 0.05) is 15.5 Å². The Hall–Kier alpha value is -1.20. The maximum absolute atomic E-state index is 11.4. The number of aliphatic carboxylic acids is 1. The lowest BCUT2D eigenvalue weighted by molar-refractivity contribution is -0.138. The molecule has 3 nitrogen and oxygen atoms in total. The molecule has 1 unspecified atom stereocenters. The Morgan fingerprint density at radius 2 is 2.22 bits per heavy atom. The number of aromatic nitrogens is 1. The predicted molar refractivity (Wildman–Crippen MR) is 75.1 cm³/mol. The summed E-state index contributed by atoms with van der Waals surface area (Å²) in [6.07, 6.45) is 0.448. The Morgan fingerprint density at radius 3 is 2.78 bits per heavy atom. The first-order valence-electron chi connectivity index (χ1n) is 5.46. The van der Waals surface area contributed by atoms with E-state index in [-0.39, 0.29) is 0 Å². The molecule has 2 rings (SSSR count). The smallest absolute Gasteiger partial charge is 0.313 e. The van der Waals surface area contributed by atoms with Crippen molar-refractivity contribution in [2.75, 3.05) is 0 Å². The van der Waals surface area contributed by atoms with Crippen molar-refractivity contribution in [2.24, 2.45) is 0 Å². The van der Waals surface area contributed by atoms with Crippen LogP contribution in [-0.2, 0) is 11.2 Å². The largest absolute Gasteiger partial charge is 0.481 e. The molecule has 5 heteroatoms. The summed E-state index contributed by atoms with van der Waals surface area (Å²) in [4.78, 5) is 15.7. The number of carboxylic acid groups (broad SMARTS) is 1. The van der Waals surface area contributed by atoms with Crippen molar-refractivity contribution in [1.82, 2.24) is 4.98 Å². The maximum Gasteiger partial charge on any atom is 0.313 e. The topological polar surface area (TPSA) is 50.2 Å². The highest BCUT2D eigenvalue weighted by Gasteiger charge is 2.24. The minimum Gasteiger partial charge on any atom is -0.481 e. The number of carboxylic acids is 1. The van der Waals surface area contributed by atoms with Crippen molar-refractivity contribution >= 4 is 33.2 Å². The van der Waals surface area contributed by atoms with E-state index in [4.69, 9.17) is 0 Å². The van der Waals surface area contributed by atoms with Gasteiger partial charge in [0.2, 0.25) is 0 Å². The van der Waals surface area contributed by atoms with Crippen LogP contribution in [0.4, 0.5) is 0 Å². The van der Waals surface area contributed by atoms with Gasteiger partial charge < -0.3 is 5.11 Å². The van der Waals surface area contributed by atoms with Crippen molar-refractivity contribution in [1.29, 1.82) is 0 Å². The summed E-state index contributed by atoms with van der Waals surface area (Å²) in [7, 11) is 0.